The molecule has 6 rings (SSSR count). The van der Waals surface area contributed by atoms with Crippen LogP contribution in [0.3, 0.4) is 0 Å². The van der Waals surface area contributed by atoms with Gasteiger partial charge in [0.2, 0.25) is 0 Å². The van der Waals surface area contributed by atoms with Crippen LogP contribution in [0.2, 0.25) is 0 Å². The molecule has 1 N–H and O–H groups in total. The van der Waals surface area contributed by atoms with Gasteiger partial charge in [0.15, 0.2) is 0 Å². The van der Waals surface area contributed by atoms with Crippen LogP contribution in [0, 0.1) is 17.0 Å². The van der Waals surface area contributed by atoms with Crippen molar-refractivity contribution in [3.05, 3.63) is 94.6 Å². The number of hydrogen-bond acceptors (Lipinski definition) is 4. The van der Waals surface area contributed by atoms with Crippen LogP contribution in [0.4, 0.5) is 27.6 Å². The van der Waals surface area contributed by atoms with Gasteiger partial charge in [-0.2, -0.15) is 13.2 Å². The summed E-state index contributed by atoms with van der Waals surface area (Å²) in [4.78, 5) is 3.17. The minimum atomic E-state index is -4.52. The molecule has 0 aromatic heterocycles. The lowest BCUT2D eigenvalue weighted by atomic mass is 9.73. The third-order valence-electron chi connectivity index (χ3n) is 9.49. The van der Waals surface area contributed by atoms with E-state index in [2.05, 4.69) is 5.32 Å². The fourth-order valence-electron chi connectivity index (χ4n) is 7.21. The number of hydrogen-bond donors (Lipinski definition) is 1. The lowest BCUT2D eigenvalue weighted by molar-refractivity contribution is -0.150. The van der Waals surface area contributed by atoms with Gasteiger partial charge >= 0.3 is 6.18 Å². The highest BCUT2D eigenvalue weighted by Gasteiger charge is 2.40. The minimum absolute atomic E-state index is 0.0169. The van der Waals surface area contributed by atoms with Gasteiger partial charge in [-0.05, 0) is 98.0 Å². The van der Waals surface area contributed by atoms with Crippen molar-refractivity contribution in [1.29, 1.82) is 0 Å². The summed E-state index contributed by atoms with van der Waals surface area (Å²) in [6.45, 7) is 2.49. The summed E-state index contributed by atoms with van der Waals surface area (Å²) in [5.74, 6) is -1.06. The number of nitrogens with zero attached hydrogens (tertiary/aromatic N) is 2. The molecule has 3 heterocycles. The monoisotopic (exact) mass is 599 g/mol. The first kappa shape index (κ1) is 29.9. The number of ether oxygens (including phenoxy) is 1. The van der Waals surface area contributed by atoms with Gasteiger partial charge in [0, 0.05) is 30.9 Å². The number of alkyl halides is 3. The molecule has 230 valence electrons. The molecule has 43 heavy (non-hydrogen) atoms. The zero-order valence-corrected chi connectivity index (χ0v) is 24.2. The van der Waals surface area contributed by atoms with Gasteiger partial charge in [0.05, 0.1) is 12.6 Å². The molecule has 2 saturated heterocycles. The largest absolute Gasteiger partial charge is 0.489 e. The van der Waals surface area contributed by atoms with Crippen LogP contribution < -0.4 is 15.0 Å². The Morgan fingerprint density at radius 2 is 1.60 bits per heavy atom. The highest BCUT2D eigenvalue weighted by Crippen LogP contribution is 2.43. The molecule has 3 aliphatic heterocycles. The maximum Gasteiger partial charge on any atom is 0.401 e. The van der Waals surface area contributed by atoms with Crippen LogP contribution >= 0.6 is 0 Å². The van der Waals surface area contributed by atoms with Crippen molar-refractivity contribution in [3.63, 3.8) is 0 Å². The van der Waals surface area contributed by atoms with Gasteiger partial charge in [-0.15, -0.1) is 0 Å². The number of nitrogens with one attached hydrogen (secondary N) is 1. The van der Waals surface area contributed by atoms with Crippen LogP contribution in [0.15, 0.2) is 60.7 Å². The predicted octanol–water partition coefficient (Wildman–Crippen LogP) is 7.41. The summed E-state index contributed by atoms with van der Waals surface area (Å²) in [6, 6.07) is 16.2. The second-order valence-corrected chi connectivity index (χ2v) is 12.3. The number of fused-ring (bicyclic) bond motifs is 1. The second kappa shape index (κ2) is 12.4. The van der Waals surface area contributed by atoms with Crippen molar-refractivity contribution in [1.82, 2.24) is 10.2 Å². The van der Waals surface area contributed by atoms with E-state index in [0.29, 0.717) is 43.1 Å². The Kier molecular flexibility index (Phi) is 8.65. The summed E-state index contributed by atoms with van der Waals surface area (Å²) in [5.41, 5.74) is 2.57. The first-order valence-electron chi connectivity index (χ1n) is 15.2. The summed E-state index contributed by atoms with van der Waals surface area (Å²) in [5, 5.41) is 3.42. The normalized spacial score (nSPS) is 21.0. The second-order valence-electron chi connectivity index (χ2n) is 12.3. The Balaban J connectivity index is 1.28. The number of halogens is 5. The third-order valence-corrected chi connectivity index (χ3v) is 9.49. The highest BCUT2D eigenvalue weighted by atomic mass is 19.4. The molecule has 0 amide bonds. The standard InChI is InChI=1S/C34H38F5N3O/c35-29-20-26(41-16-4-10-33(13-18-41)11-14-40-15-12-33)21-30(36)31(29)32-28-8-7-27(43-22-24-5-2-1-3-6-24)19-25(28)9-17-42(32)23-34(37,38)39/h1-3,5-8,19-21,32,40H,4,9-18,22-23H2. The van der Waals surface area contributed by atoms with Crippen LogP contribution in [-0.2, 0) is 13.0 Å². The third kappa shape index (κ3) is 6.83. The summed E-state index contributed by atoms with van der Waals surface area (Å²) < 4.78 is 78.9. The maximum atomic E-state index is 16.0. The van der Waals surface area contributed by atoms with Gasteiger partial charge in [0.25, 0.3) is 0 Å². The van der Waals surface area contributed by atoms with Crippen molar-refractivity contribution in [2.24, 2.45) is 5.41 Å². The van der Waals surface area contributed by atoms with Gasteiger partial charge in [-0.3, -0.25) is 4.90 Å². The smallest absolute Gasteiger partial charge is 0.401 e. The highest BCUT2D eigenvalue weighted by molar-refractivity contribution is 5.52. The topological polar surface area (TPSA) is 27.7 Å². The van der Waals surface area contributed by atoms with E-state index in [-0.39, 0.29) is 17.5 Å². The number of anilines is 1. The Labute approximate surface area is 249 Å². The van der Waals surface area contributed by atoms with Gasteiger partial charge in [-0.1, -0.05) is 36.4 Å². The van der Waals surface area contributed by atoms with Crippen molar-refractivity contribution in [2.45, 2.75) is 57.3 Å². The van der Waals surface area contributed by atoms with Crippen molar-refractivity contribution >= 4 is 5.69 Å². The van der Waals surface area contributed by atoms with Crippen molar-refractivity contribution in [3.8, 4) is 5.75 Å². The Bertz CT molecular complexity index is 1380. The average molecular weight is 600 g/mol. The van der Waals surface area contributed by atoms with Gasteiger partial charge < -0.3 is 15.0 Å². The number of rotatable bonds is 6. The molecule has 2 fully saturated rings. The molecule has 3 aromatic rings. The molecule has 3 aromatic carbocycles. The lowest BCUT2D eigenvalue weighted by Crippen LogP contribution is -2.42. The molecule has 0 aliphatic carbocycles. The summed E-state index contributed by atoms with van der Waals surface area (Å²) in [6.07, 6.45) is 1.01. The number of piperidine rings is 1. The Morgan fingerprint density at radius 3 is 2.33 bits per heavy atom. The van der Waals surface area contributed by atoms with Crippen LogP contribution in [0.5, 0.6) is 5.75 Å². The zero-order valence-electron chi connectivity index (χ0n) is 24.2. The van der Waals surface area contributed by atoms with Gasteiger partial charge in [0.1, 0.15) is 24.0 Å². The molecule has 1 unspecified atom stereocenters. The van der Waals surface area contributed by atoms with E-state index in [1.54, 1.807) is 18.2 Å². The van der Waals surface area contributed by atoms with E-state index in [4.69, 9.17) is 4.74 Å². The van der Waals surface area contributed by atoms with Crippen LogP contribution in [-0.4, -0.2) is 50.3 Å². The molecule has 1 spiro atoms. The zero-order chi connectivity index (χ0) is 30.0. The predicted molar refractivity (Wildman–Crippen MR) is 157 cm³/mol. The molecular weight excluding hydrogens is 561 g/mol. The van der Waals surface area contributed by atoms with E-state index < -0.39 is 30.4 Å². The molecule has 1 atom stereocenters. The average Bonchev–Trinajstić information content (AvgIpc) is 3.19. The van der Waals surface area contributed by atoms with Crippen LogP contribution in [0.1, 0.15) is 60.4 Å². The molecule has 0 saturated carbocycles. The van der Waals surface area contributed by atoms with Crippen LogP contribution in [0.25, 0.3) is 0 Å². The minimum Gasteiger partial charge on any atom is -0.489 e. The summed E-state index contributed by atoms with van der Waals surface area (Å²) >= 11 is 0. The van der Waals surface area contributed by atoms with E-state index >= 15 is 8.78 Å². The Morgan fingerprint density at radius 1 is 0.860 bits per heavy atom. The maximum absolute atomic E-state index is 16.0. The SMILES string of the molecule is Fc1cc(N2CCCC3(CCNCC3)CC2)cc(F)c1C1c2ccc(OCc3ccccc3)cc2CCN1CC(F)(F)F. The molecule has 0 radical (unpaired) electrons. The van der Waals surface area contributed by atoms with Gasteiger partial charge in [-0.25, -0.2) is 8.78 Å². The number of benzene rings is 3. The fourth-order valence-corrected chi connectivity index (χ4v) is 7.21. The molecule has 3 aliphatic rings. The molecule has 0 bridgehead atoms. The van der Waals surface area contributed by atoms with Crippen molar-refractivity contribution in [2.75, 3.05) is 44.2 Å². The lowest BCUT2D eigenvalue weighted by Gasteiger charge is -2.38. The van der Waals surface area contributed by atoms with E-state index in [0.717, 1.165) is 61.2 Å². The Hall–Kier alpha value is -3.17. The van der Waals surface area contributed by atoms with Crippen molar-refractivity contribution < 1.29 is 26.7 Å². The van der Waals surface area contributed by atoms with E-state index in [9.17, 15) is 13.2 Å². The summed E-state index contributed by atoms with van der Waals surface area (Å²) in [7, 11) is 0. The fraction of sp³-hybridized carbons (Fsp3) is 0.471. The van der Waals surface area contributed by atoms with E-state index in [1.165, 1.54) is 12.1 Å². The molecule has 9 heteroatoms. The first-order valence-corrected chi connectivity index (χ1v) is 15.2. The molecule has 4 nitrogen and oxygen atoms in total. The first-order chi connectivity index (χ1) is 20.7. The quantitative estimate of drug-likeness (QED) is 0.299. The van der Waals surface area contributed by atoms with E-state index in [1.807, 2.05) is 35.2 Å². The molecular formula is C34H38F5N3O.